The lowest BCUT2D eigenvalue weighted by Crippen LogP contribution is -2.30. The zero-order valence-electron chi connectivity index (χ0n) is 10.0. The molecule has 0 aromatic carbocycles. The first kappa shape index (κ1) is 13.8. The van der Waals surface area contributed by atoms with Gasteiger partial charge in [0.1, 0.15) is 9.68 Å². The molecule has 0 saturated carbocycles. The first-order valence-electron chi connectivity index (χ1n) is 5.14. The van der Waals surface area contributed by atoms with Gasteiger partial charge in [-0.25, -0.2) is 0 Å². The van der Waals surface area contributed by atoms with E-state index in [9.17, 15) is 0 Å². The van der Waals surface area contributed by atoms with E-state index in [1.807, 2.05) is 26.8 Å². The molecule has 0 aromatic rings. The monoisotopic (exact) mass is 217 g/mol. The van der Waals surface area contributed by atoms with Gasteiger partial charge >= 0.3 is 0 Å². The van der Waals surface area contributed by atoms with Gasteiger partial charge in [0.25, 0.3) is 0 Å². The standard InChI is InChI=1S/C10H23NO2Si/c1-6-12-10(3,13-7-2)8-9-14-11(4)5/h8-9H,6-7,14H2,1-5H3. The fraction of sp³-hybridized carbons (Fsp3) is 0.800. The van der Waals surface area contributed by atoms with E-state index < -0.39 is 5.79 Å². The van der Waals surface area contributed by atoms with Gasteiger partial charge in [0, 0.05) is 13.2 Å². The largest absolute Gasteiger partial charge is 0.347 e. The van der Waals surface area contributed by atoms with Gasteiger partial charge < -0.3 is 14.0 Å². The van der Waals surface area contributed by atoms with Gasteiger partial charge in [0.15, 0.2) is 5.79 Å². The second-order valence-corrected chi connectivity index (χ2v) is 5.65. The van der Waals surface area contributed by atoms with Gasteiger partial charge in [0.05, 0.1) is 0 Å². The van der Waals surface area contributed by atoms with Gasteiger partial charge in [-0.1, -0.05) is 5.70 Å². The summed E-state index contributed by atoms with van der Waals surface area (Å²) in [6.45, 7) is 7.26. The van der Waals surface area contributed by atoms with Crippen LogP contribution in [-0.2, 0) is 9.47 Å². The van der Waals surface area contributed by atoms with Crippen molar-refractivity contribution in [2.75, 3.05) is 27.3 Å². The molecular weight excluding hydrogens is 194 g/mol. The molecule has 0 aromatic heterocycles. The number of nitrogens with zero attached hydrogens (tertiary/aromatic N) is 1. The summed E-state index contributed by atoms with van der Waals surface area (Å²) >= 11 is 0. The van der Waals surface area contributed by atoms with Gasteiger partial charge in [0.2, 0.25) is 0 Å². The Kier molecular flexibility index (Phi) is 7.09. The summed E-state index contributed by atoms with van der Waals surface area (Å²) < 4.78 is 13.3. The maximum atomic E-state index is 5.55. The minimum absolute atomic E-state index is 0.275. The highest BCUT2D eigenvalue weighted by molar-refractivity contribution is 6.38. The molecule has 0 unspecified atom stereocenters. The molecule has 0 rings (SSSR count). The lowest BCUT2D eigenvalue weighted by atomic mass is 10.3. The molecule has 0 radical (unpaired) electrons. The van der Waals surface area contributed by atoms with Crippen LogP contribution in [0.4, 0.5) is 0 Å². The van der Waals surface area contributed by atoms with Gasteiger partial charge in [-0.2, -0.15) is 0 Å². The topological polar surface area (TPSA) is 21.7 Å². The number of hydrogen-bond acceptors (Lipinski definition) is 3. The third kappa shape index (κ3) is 6.31. The molecule has 0 heterocycles. The summed E-state index contributed by atoms with van der Waals surface area (Å²) in [7, 11) is 3.91. The van der Waals surface area contributed by atoms with Crippen molar-refractivity contribution in [1.82, 2.24) is 4.57 Å². The van der Waals surface area contributed by atoms with Crippen molar-refractivity contribution in [3.05, 3.63) is 11.8 Å². The van der Waals surface area contributed by atoms with Crippen LogP contribution < -0.4 is 0 Å². The van der Waals surface area contributed by atoms with E-state index in [1.165, 1.54) is 0 Å². The minimum Gasteiger partial charge on any atom is -0.347 e. The fourth-order valence-electron chi connectivity index (χ4n) is 1.19. The summed E-state index contributed by atoms with van der Waals surface area (Å²) in [5.41, 5.74) is 2.20. The number of ether oxygens (including phenoxy) is 2. The average Bonchev–Trinajstić information content (AvgIpc) is 2.03. The summed E-state index contributed by atoms with van der Waals surface area (Å²) in [5, 5.41) is 0. The average molecular weight is 217 g/mol. The van der Waals surface area contributed by atoms with E-state index in [0.717, 1.165) is 0 Å². The zero-order valence-corrected chi connectivity index (χ0v) is 11.5. The third-order valence-corrected chi connectivity index (χ3v) is 2.93. The van der Waals surface area contributed by atoms with Gasteiger partial charge in [-0.05, 0) is 40.9 Å². The van der Waals surface area contributed by atoms with E-state index in [-0.39, 0.29) is 9.68 Å². The van der Waals surface area contributed by atoms with E-state index >= 15 is 0 Å². The van der Waals surface area contributed by atoms with Crippen molar-refractivity contribution in [3.8, 4) is 0 Å². The van der Waals surface area contributed by atoms with Gasteiger partial charge in [-0.15, -0.1) is 0 Å². The molecular formula is C10H23NO2Si. The molecule has 0 amide bonds. The van der Waals surface area contributed by atoms with Crippen LogP contribution in [0.2, 0.25) is 0 Å². The molecule has 0 aliphatic rings. The maximum Gasteiger partial charge on any atom is 0.184 e. The fourth-order valence-corrected chi connectivity index (χ4v) is 2.14. The minimum atomic E-state index is -0.535. The van der Waals surface area contributed by atoms with Crippen molar-refractivity contribution in [3.63, 3.8) is 0 Å². The Morgan fingerprint density at radius 1 is 1.21 bits per heavy atom. The molecule has 0 atom stereocenters. The van der Waals surface area contributed by atoms with Crippen LogP contribution in [0.25, 0.3) is 0 Å². The first-order valence-corrected chi connectivity index (χ1v) is 6.59. The molecule has 0 saturated heterocycles. The smallest absolute Gasteiger partial charge is 0.184 e. The second kappa shape index (κ2) is 7.17. The molecule has 3 nitrogen and oxygen atoms in total. The van der Waals surface area contributed by atoms with Crippen molar-refractivity contribution >= 4 is 9.68 Å². The number of hydrogen-bond donors (Lipinski definition) is 0. The van der Waals surface area contributed by atoms with Crippen molar-refractivity contribution in [1.29, 1.82) is 0 Å². The molecule has 0 fully saturated rings. The van der Waals surface area contributed by atoms with Crippen LogP contribution in [-0.4, -0.2) is 47.3 Å². The predicted octanol–water partition coefficient (Wildman–Crippen LogP) is 0.935. The van der Waals surface area contributed by atoms with Crippen LogP contribution in [0.3, 0.4) is 0 Å². The Bertz CT molecular complexity index is 166. The SMILES string of the molecule is CCOC(C)(C=C[SiH2]N(C)C)OCC. The summed E-state index contributed by atoms with van der Waals surface area (Å²) in [5.74, 6) is -0.535. The van der Waals surface area contributed by atoms with Crippen molar-refractivity contribution in [2.45, 2.75) is 26.6 Å². The Labute approximate surface area is 90.0 Å². The van der Waals surface area contributed by atoms with E-state index in [2.05, 4.69) is 24.4 Å². The van der Waals surface area contributed by atoms with Crippen LogP contribution in [0, 0.1) is 0 Å². The first-order chi connectivity index (χ1) is 6.54. The van der Waals surface area contributed by atoms with Crippen LogP contribution in [0.15, 0.2) is 11.8 Å². The molecule has 0 spiro atoms. The lowest BCUT2D eigenvalue weighted by Gasteiger charge is -2.25. The quantitative estimate of drug-likeness (QED) is 0.468. The number of rotatable bonds is 7. The summed E-state index contributed by atoms with van der Waals surface area (Å²) in [6.07, 6.45) is 2.03. The van der Waals surface area contributed by atoms with Gasteiger partial charge in [-0.3, -0.25) is 0 Å². The van der Waals surface area contributed by atoms with E-state index in [0.29, 0.717) is 13.2 Å². The van der Waals surface area contributed by atoms with E-state index in [4.69, 9.17) is 9.47 Å². The highest BCUT2D eigenvalue weighted by Gasteiger charge is 2.20. The molecule has 84 valence electrons. The Morgan fingerprint density at radius 2 is 1.71 bits per heavy atom. The molecule has 0 N–H and O–H groups in total. The lowest BCUT2D eigenvalue weighted by molar-refractivity contribution is -0.186. The van der Waals surface area contributed by atoms with Crippen LogP contribution in [0.5, 0.6) is 0 Å². The maximum absolute atomic E-state index is 5.55. The predicted molar refractivity (Wildman–Crippen MR) is 63.0 cm³/mol. The summed E-state index contributed by atoms with van der Waals surface area (Å²) in [4.78, 5) is 0. The molecule has 0 aliphatic heterocycles. The molecule has 0 bridgehead atoms. The summed E-state index contributed by atoms with van der Waals surface area (Å²) in [6, 6.07) is 0. The third-order valence-electron chi connectivity index (χ3n) is 1.75. The molecule has 4 heteroatoms. The highest BCUT2D eigenvalue weighted by atomic mass is 28.2. The van der Waals surface area contributed by atoms with E-state index in [1.54, 1.807) is 0 Å². The zero-order chi connectivity index (χ0) is 11.0. The Morgan fingerprint density at radius 3 is 2.07 bits per heavy atom. The second-order valence-electron chi connectivity index (χ2n) is 3.55. The van der Waals surface area contributed by atoms with Crippen LogP contribution >= 0.6 is 0 Å². The molecule has 0 aliphatic carbocycles. The van der Waals surface area contributed by atoms with Crippen LogP contribution in [0.1, 0.15) is 20.8 Å². The Hall–Kier alpha value is -0.163. The van der Waals surface area contributed by atoms with Crippen molar-refractivity contribution < 1.29 is 9.47 Å². The normalized spacial score (nSPS) is 13.9. The highest BCUT2D eigenvalue weighted by Crippen LogP contribution is 2.13. The molecule has 14 heavy (non-hydrogen) atoms. The Balaban J connectivity index is 4.12. The van der Waals surface area contributed by atoms with Crippen molar-refractivity contribution in [2.24, 2.45) is 0 Å².